The molecule has 0 amide bonds. The number of fused-ring (bicyclic) bond motifs is 2. The molecule has 6 rings (SSSR count). The normalized spacial score (nSPS) is 17.2. The van der Waals surface area contributed by atoms with E-state index in [2.05, 4.69) is 51.8 Å². The second-order valence-electron chi connectivity index (χ2n) is 14.5. The smallest absolute Gasteiger partial charge is 0.337 e. The Bertz CT molecular complexity index is 1810. The number of ether oxygens (including phenoxy) is 1. The number of benzene rings is 2. The minimum atomic E-state index is -1.16. The number of carboxylic acid groups (broad SMARTS) is 1. The van der Waals surface area contributed by atoms with E-state index in [-0.39, 0.29) is 11.2 Å². The first-order valence-corrected chi connectivity index (χ1v) is 16.1. The Balaban J connectivity index is 1.44. The molecule has 0 radical (unpaired) electrons. The maximum Gasteiger partial charge on any atom is 0.337 e. The lowest BCUT2D eigenvalue weighted by atomic mass is 9.81. The fourth-order valence-electron chi connectivity index (χ4n) is 6.91. The van der Waals surface area contributed by atoms with Crippen molar-refractivity contribution < 1.29 is 19.0 Å². The summed E-state index contributed by atoms with van der Waals surface area (Å²) in [6.07, 6.45) is 3.18. The Labute approximate surface area is 270 Å². The van der Waals surface area contributed by atoms with E-state index in [1.807, 2.05) is 34.6 Å². The Morgan fingerprint density at radius 3 is 2.41 bits per heavy atom. The van der Waals surface area contributed by atoms with Gasteiger partial charge >= 0.3 is 5.97 Å². The second kappa shape index (κ2) is 11.9. The molecule has 0 aliphatic carbocycles. The minimum absolute atomic E-state index is 0.223. The predicted molar refractivity (Wildman–Crippen MR) is 180 cm³/mol. The number of carbonyl (C=O) groups is 1. The van der Waals surface area contributed by atoms with Crippen LogP contribution in [0.3, 0.4) is 0 Å². The van der Waals surface area contributed by atoms with Crippen molar-refractivity contribution in [3.8, 4) is 11.1 Å². The maximum absolute atomic E-state index is 14.2. The maximum atomic E-state index is 14.2. The molecular weight excluding hydrogens is 581 g/mol. The molecule has 2 aliphatic heterocycles. The highest BCUT2D eigenvalue weighted by Gasteiger charge is 2.36. The number of carboxylic acids is 1. The summed E-state index contributed by atoms with van der Waals surface area (Å²) in [6, 6.07) is 11.1. The van der Waals surface area contributed by atoms with Gasteiger partial charge in [0.15, 0.2) is 6.10 Å². The number of halogens is 1. The van der Waals surface area contributed by atoms with Crippen LogP contribution in [-0.4, -0.2) is 51.3 Å². The number of anilines is 2. The van der Waals surface area contributed by atoms with Crippen LogP contribution in [-0.2, 0) is 22.5 Å². The number of pyridine rings is 1. The predicted octanol–water partition coefficient (Wildman–Crippen LogP) is 7.58. The van der Waals surface area contributed by atoms with Crippen molar-refractivity contribution in [3.05, 3.63) is 76.6 Å². The minimum Gasteiger partial charge on any atom is -0.479 e. The number of aromatic nitrogens is 3. The van der Waals surface area contributed by atoms with Gasteiger partial charge in [0, 0.05) is 54.1 Å². The third kappa shape index (κ3) is 6.30. The third-order valence-corrected chi connectivity index (χ3v) is 9.35. The van der Waals surface area contributed by atoms with Crippen LogP contribution < -0.4 is 9.80 Å². The van der Waals surface area contributed by atoms with Gasteiger partial charge in [-0.05, 0) is 94.2 Å². The zero-order chi connectivity index (χ0) is 33.0. The molecule has 1 saturated heterocycles. The van der Waals surface area contributed by atoms with E-state index in [1.54, 1.807) is 6.07 Å². The number of piperidine rings is 1. The van der Waals surface area contributed by atoms with Gasteiger partial charge in [0.1, 0.15) is 18.0 Å². The molecule has 4 heterocycles. The quantitative estimate of drug-likeness (QED) is 0.235. The molecule has 242 valence electrons. The molecule has 46 heavy (non-hydrogen) atoms. The molecule has 0 bridgehead atoms. The molecule has 1 fully saturated rings. The Hall–Kier alpha value is -4.11. The molecule has 0 unspecified atom stereocenters. The molecule has 2 aliphatic rings. The summed E-state index contributed by atoms with van der Waals surface area (Å²) in [7, 11) is 0. The van der Waals surface area contributed by atoms with Crippen LogP contribution in [0, 0.1) is 25.1 Å². The van der Waals surface area contributed by atoms with Gasteiger partial charge in [-0.2, -0.15) is 0 Å². The zero-order valence-electron chi connectivity index (χ0n) is 27.9. The topological polar surface area (TPSA) is 91.7 Å². The van der Waals surface area contributed by atoms with Crippen molar-refractivity contribution in [2.75, 3.05) is 29.4 Å². The van der Waals surface area contributed by atoms with Gasteiger partial charge < -0.3 is 19.6 Å². The van der Waals surface area contributed by atoms with Crippen LogP contribution in [0.1, 0.15) is 81.6 Å². The van der Waals surface area contributed by atoms with Crippen molar-refractivity contribution in [3.63, 3.8) is 0 Å². The van der Waals surface area contributed by atoms with E-state index in [0.29, 0.717) is 23.2 Å². The lowest BCUT2D eigenvalue weighted by Gasteiger charge is -2.41. The fourth-order valence-corrected chi connectivity index (χ4v) is 6.91. The molecular formula is C37H44FN5O3. The van der Waals surface area contributed by atoms with Crippen LogP contribution in [0.4, 0.5) is 15.9 Å². The molecule has 2 aromatic heterocycles. The average Bonchev–Trinajstić information content (AvgIpc) is 2.98. The third-order valence-electron chi connectivity index (χ3n) is 9.35. The molecule has 1 atom stereocenters. The van der Waals surface area contributed by atoms with Crippen LogP contribution in [0.5, 0.6) is 0 Å². The summed E-state index contributed by atoms with van der Waals surface area (Å²) in [5.74, 6) is -0.592. The van der Waals surface area contributed by atoms with Gasteiger partial charge in [-0.3, -0.25) is 4.98 Å². The second-order valence-corrected chi connectivity index (χ2v) is 14.5. The Kier molecular flexibility index (Phi) is 8.25. The molecule has 2 aromatic carbocycles. The van der Waals surface area contributed by atoms with E-state index in [1.165, 1.54) is 29.6 Å². The summed E-state index contributed by atoms with van der Waals surface area (Å²) >= 11 is 0. The summed E-state index contributed by atoms with van der Waals surface area (Å²) in [4.78, 5) is 31.2. The number of hydrogen-bond donors (Lipinski definition) is 1. The SMILES string of the molecule is Cc1nc(C)c([C@H](OC(C)(C)C)C(=O)O)c(N2CCC(C)(C)CC2)c1-c1ccc2c(c1)CCN(c1ncnc3ccc(F)cc13)C2. The van der Waals surface area contributed by atoms with Gasteiger partial charge in [0.05, 0.1) is 16.8 Å². The summed E-state index contributed by atoms with van der Waals surface area (Å²) in [5.41, 5.74) is 7.77. The van der Waals surface area contributed by atoms with Gasteiger partial charge in [-0.25, -0.2) is 19.2 Å². The van der Waals surface area contributed by atoms with E-state index < -0.39 is 17.7 Å². The van der Waals surface area contributed by atoms with Crippen molar-refractivity contribution in [2.24, 2.45) is 5.41 Å². The van der Waals surface area contributed by atoms with E-state index in [9.17, 15) is 14.3 Å². The highest BCUT2D eigenvalue weighted by molar-refractivity contribution is 5.90. The van der Waals surface area contributed by atoms with Crippen LogP contribution in [0.25, 0.3) is 22.0 Å². The molecule has 8 nitrogen and oxygen atoms in total. The van der Waals surface area contributed by atoms with Crippen molar-refractivity contribution in [1.82, 2.24) is 15.0 Å². The molecule has 4 aromatic rings. The number of aliphatic carboxylic acids is 1. The van der Waals surface area contributed by atoms with Gasteiger partial charge in [-0.1, -0.05) is 32.0 Å². The first-order chi connectivity index (χ1) is 21.7. The first-order valence-electron chi connectivity index (χ1n) is 16.1. The summed E-state index contributed by atoms with van der Waals surface area (Å²) < 4.78 is 20.4. The summed E-state index contributed by atoms with van der Waals surface area (Å²) in [5, 5.41) is 11.2. The van der Waals surface area contributed by atoms with Crippen LogP contribution in [0.2, 0.25) is 0 Å². The Morgan fingerprint density at radius 2 is 1.72 bits per heavy atom. The van der Waals surface area contributed by atoms with Crippen molar-refractivity contribution >= 4 is 28.4 Å². The van der Waals surface area contributed by atoms with Gasteiger partial charge in [-0.15, -0.1) is 0 Å². The molecule has 9 heteroatoms. The van der Waals surface area contributed by atoms with Gasteiger partial charge in [0.25, 0.3) is 0 Å². The first kappa shape index (κ1) is 31.9. The van der Waals surface area contributed by atoms with E-state index in [0.717, 1.165) is 72.7 Å². The summed E-state index contributed by atoms with van der Waals surface area (Å²) in [6.45, 7) is 17.2. The molecule has 1 N–H and O–H groups in total. The standard InChI is InChI=1S/C37H44FN5O3/c1-22-30(32(42-16-13-37(6,7)14-17-42)31(23(2)41-22)33(35(44)45)46-36(3,4)5)25-8-9-26-20-43(15-12-24(26)18-25)34-28-19-27(38)10-11-29(28)39-21-40-34/h8-11,18-19,21,33H,12-17,20H2,1-7H3,(H,44,45)/t33-/m0/s1. The van der Waals surface area contributed by atoms with E-state index in [4.69, 9.17) is 9.72 Å². The number of nitrogens with zero attached hydrogens (tertiary/aromatic N) is 5. The molecule has 0 spiro atoms. The zero-order valence-corrected chi connectivity index (χ0v) is 27.9. The fraction of sp³-hybridized carbons (Fsp3) is 0.459. The number of rotatable bonds is 6. The lowest BCUT2D eigenvalue weighted by molar-refractivity contribution is -0.160. The van der Waals surface area contributed by atoms with Crippen LogP contribution >= 0.6 is 0 Å². The average molecular weight is 626 g/mol. The van der Waals surface area contributed by atoms with E-state index >= 15 is 0 Å². The lowest BCUT2D eigenvalue weighted by Crippen LogP contribution is -2.39. The van der Waals surface area contributed by atoms with Gasteiger partial charge in [0.2, 0.25) is 0 Å². The Morgan fingerprint density at radius 1 is 0.978 bits per heavy atom. The highest BCUT2D eigenvalue weighted by atomic mass is 19.1. The monoisotopic (exact) mass is 625 g/mol. The van der Waals surface area contributed by atoms with Crippen molar-refractivity contribution in [1.29, 1.82) is 0 Å². The van der Waals surface area contributed by atoms with Crippen molar-refractivity contribution in [2.45, 2.75) is 86.0 Å². The highest BCUT2D eigenvalue weighted by Crippen LogP contribution is 2.45. The molecule has 0 saturated carbocycles. The number of aryl methyl sites for hydroxylation is 2. The van der Waals surface area contributed by atoms with Crippen LogP contribution in [0.15, 0.2) is 42.7 Å². The largest absolute Gasteiger partial charge is 0.479 e. The number of hydrogen-bond acceptors (Lipinski definition) is 7.